The third kappa shape index (κ3) is 10.5. The number of esters is 1. The molecule has 4 rings (SSSR count). The van der Waals surface area contributed by atoms with E-state index in [0.717, 1.165) is 11.1 Å². The highest BCUT2D eigenvalue weighted by atomic mass is 19.1. The van der Waals surface area contributed by atoms with Gasteiger partial charge in [0.15, 0.2) is 0 Å². The predicted octanol–water partition coefficient (Wildman–Crippen LogP) is 4.83. The summed E-state index contributed by atoms with van der Waals surface area (Å²) in [6, 6.07) is 12.2. The molecule has 2 saturated heterocycles. The summed E-state index contributed by atoms with van der Waals surface area (Å²) in [4.78, 5) is 71.4. The van der Waals surface area contributed by atoms with Crippen LogP contribution >= 0.6 is 0 Å². The molecule has 0 aliphatic carbocycles. The van der Waals surface area contributed by atoms with Crippen molar-refractivity contribution in [3.05, 3.63) is 71.5 Å². The number of hydrogen-bond donors (Lipinski definition) is 1. The summed E-state index contributed by atoms with van der Waals surface area (Å²) in [5.74, 6) is -1.97. The Labute approximate surface area is 305 Å². The van der Waals surface area contributed by atoms with Gasteiger partial charge in [-0.15, -0.1) is 0 Å². The van der Waals surface area contributed by atoms with Crippen LogP contribution in [0.25, 0.3) is 0 Å². The van der Waals surface area contributed by atoms with Gasteiger partial charge in [-0.05, 0) is 62.8 Å². The van der Waals surface area contributed by atoms with E-state index < -0.39 is 53.2 Å². The fourth-order valence-electron chi connectivity index (χ4n) is 6.48. The molecule has 5 atom stereocenters. The molecule has 4 amide bonds. The summed E-state index contributed by atoms with van der Waals surface area (Å²) in [5.41, 5.74) is 0.119. The number of hydrogen-bond acceptors (Lipinski definition) is 8. The van der Waals surface area contributed by atoms with E-state index >= 15 is 0 Å². The topological polar surface area (TPSA) is 135 Å². The van der Waals surface area contributed by atoms with E-state index in [0.29, 0.717) is 13.0 Å². The van der Waals surface area contributed by atoms with Crippen molar-refractivity contribution in [1.29, 1.82) is 0 Å². The molecule has 0 saturated carbocycles. The van der Waals surface area contributed by atoms with Gasteiger partial charge in [0, 0.05) is 26.6 Å². The SMILES string of the molecule is C[C@@H](C(=O)N[C@H](C(=O)N1CC[C@@H]2[C@H]1[C@@H](OCc1ccc(F)cc1)CN2C(=O)CCC(=O)OC(C)(C)C)C(C)(C)C)N(C)C(=O)OCc1ccccc1. The molecule has 1 N–H and O–H groups in total. The van der Waals surface area contributed by atoms with Gasteiger partial charge in [0.1, 0.15) is 30.1 Å². The van der Waals surface area contributed by atoms with Gasteiger partial charge in [-0.3, -0.25) is 24.1 Å². The molecule has 2 aromatic carbocycles. The van der Waals surface area contributed by atoms with Gasteiger partial charge in [-0.2, -0.15) is 0 Å². The van der Waals surface area contributed by atoms with Crippen molar-refractivity contribution in [2.45, 2.75) is 117 Å². The van der Waals surface area contributed by atoms with Crippen molar-refractivity contribution in [2.75, 3.05) is 20.1 Å². The molecule has 0 radical (unpaired) electrons. The summed E-state index contributed by atoms with van der Waals surface area (Å²) < 4.78 is 30.7. The average molecular weight is 725 g/mol. The van der Waals surface area contributed by atoms with E-state index in [1.54, 1.807) is 49.6 Å². The first-order valence-corrected chi connectivity index (χ1v) is 17.8. The van der Waals surface area contributed by atoms with Crippen LogP contribution in [0.5, 0.6) is 0 Å². The summed E-state index contributed by atoms with van der Waals surface area (Å²) in [6.07, 6.45) is -0.944. The molecule has 2 heterocycles. The Kier molecular flexibility index (Phi) is 13.1. The molecule has 13 heteroatoms. The van der Waals surface area contributed by atoms with Crippen LogP contribution in [0.15, 0.2) is 54.6 Å². The van der Waals surface area contributed by atoms with Crippen LogP contribution in [0, 0.1) is 11.2 Å². The maximum Gasteiger partial charge on any atom is 0.410 e. The van der Waals surface area contributed by atoms with E-state index in [9.17, 15) is 28.4 Å². The lowest BCUT2D eigenvalue weighted by Crippen LogP contribution is -2.60. The van der Waals surface area contributed by atoms with Crippen LogP contribution < -0.4 is 5.32 Å². The summed E-state index contributed by atoms with van der Waals surface area (Å²) >= 11 is 0. The number of likely N-dealkylation sites (tertiary alicyclic amines) is 2. The summed E-state index contributed by atoms with van der Waals surface area (Å²) in [5, 5.41) is 2.90. The molecular weight excluding hydrogens is 671 g/mol. The van der Waals surface area contributed by atoms with Crippen LogP contribution in [0.4, 0.5) is 9.18 Å². The van der Waals surface area contributed by atoms with Crippen molar-refractivity contribution >= 4 is 29.8 Å². The van der Waals surface area contributed by atoms with E-state index in [-0.39, 0.29) is 56.3 Å². The van der Waals surface area contributed by atoms with E-state index in [4.69, 9.17) is 14.2 Å². The zero-order chi connectivity index (χ0) is 38.4. The highest BCUT2D eigenvalue weighted by Gasteiger charge is 2.54. The van der Waals surface area contributed by atoms with Crippen LogP contribution in [0.1, 0.15) is 78.9 Å². The molecule has 0 bridgehead atoms. The van der Waals surface area contributed by atoms with Crippen molar-refractivity contribution in [3.63, 3.8) is 0 Å². The molecule has 0 unspecified atom stereocenters. The second kappa shape index (κ2) is 16.9. The standard InChI is InChI=1S/C39H53FN4O8/c1-25(42(8)37(49)51-24-26-12-10-9-11-13-26)35(47)41-34(38(2,3)4)36(48)43-21-20-29-33(43)30(50-23-27-14-16-28(40)17-15-27)22-44(29)31(45)18-19-32(46)52-39(5,6)7/h9-17,25,29-30,33-34H,18-24H2,1-8H3,(H,41,47)/t25-,29+,30-,33-,34+/m0/s1. The fourth-order valence-corrected chi connectivity index (χ4v) is 6.48. The molecular formula is C39H53FN4O8. The molecule has 0 spiro atoms. The number of rotatable bonds is 12. The second-order valence-electron chi connectivity index (χ2n) is 15.6. The van der Waals surface area contributed by atoms with Crippen molar-refractivity contribution in [2.24, 2.45) is 5.41 Å². The molecule has 284 valence electrons. The van der Waals surface area contributed by atoms with Gasteiger partial charge >= 0.3 is 12.1 Å². The third-order valence-corrected chi connectivity index (χ3v) is 9.37. The number of amides is 4. The maximum atomic E-state index is 14.5. The first-order chi connectivity index (χ1) is 24.4. The van der Waals surface area contributed by atoms with Gasteiger partial charge in [0.05, 0.1) is 31.2 Å². The number of benzene rings is 2. The molecule has 12 nitrogen and oxygen atoms in total. The smallest absolute Gasteiger partial charge is 0.410 e. The minimum absolute atomic E-state index is 0.0455. The molecule has 2 fully saturated rings. The largest absolute Gasteiger partial charge is 0.460 e. The monoisotopic (exact) mass is 724 g/mol. The fraction of sp³-hybridized carbons (Fsp3) is 0.564. The molecule has 2 aliphatic rings. The second-order valence-corrected chi connectivity index (χ2v) is 15.6. The van der Waals surface area contributed by atoms with Crippen LogP contribution in [-0.2, 0) is 46.6 Å². The minimum Gasteiger partial charge on any atom is -0.460 e. The van der Waals surface area contributed by atoms with E-state index in [1.165, 1.54) is 24.1 Å². The van der Waals surface area contributed by atoms with Gasteiger partial charge < -0.3 is 29.3 Å². The van der Waals surface area contributed by atoms with Crippen LogP contribution in [0.2, 0.25) is 0 Å². The number of fused-ring (bicyclic) bond motifs is 1. The highest BCUT2D eigenvalue weighted by molar-refractivity contribution is 5.92. The van der Waals surface area contributed by atoms with Gasteiger partial charge in [-0.1, -0.05) is 63.2 Å². The van der Waals surface area contributed by atoms with Crippen molar-refractivity contribution in [1.82, 2.24) is 20.0 Å². The Morgan fingerprint density at radius 3 is 2.15 bits per heavy atom. The molecule has 2 aromatic rings. The maximum absolute atomic E-state index is 14.5. The predicted molar refractivity (Wildman–Crippen MR) is 191 cm³/mol. The van der Waals surface area contributed by atoms with Crippen LogP contribution in [-0.4, -0.2) is 100 Å². The summed E-state index contributed by atoms with van der Waals surface area (Å²) in [7, 11) is 1.46. The van der Waals surface area contributed by atoms with Crippen molar-refractivity contribution < 1.29 is 42.6 Å². The summed E-state index contributed by atoms with van der Waals surface area (Å²) in [6.45, 7) is 13.0. The van der Waals surface area contributed by atoms with Crippen molar-refractivity contribution in [3.8, 4) is 0 Å². The third-order valence-electron chi connectivity index (χ3n) is 9.37. The van der Waals surface area contributed by atoms with Gasteiger partial charge in [0.2, 0.25) is 17.7 Å². The quantitative estimate of drug-likeness (QED) is 0.308. The molecule has 2 aliphatic heterocycles. The molecule has 52 heavy (non-hydrogen) atoms. The first-order valence-electron chi connectivity index (χ1n) is 17.8. The number of halogens is 1. The lowest BCUT2D eigenvalue weighted by Gasteiger charge is -2.37. The number of ether oxygens (including phenoxy) is 3. The minimum atomic E-state index is -0.982. The normalized spacial score (nSPS) is 19.8. The van der Waals surface area contributed by atoms with Crippen LogP contribution in [0.3, 0.4) is 0 Å². The Balaban J connectivity index is 1.49. The number of nitrogens with one attached hydrogen (secondary N) is 1. The zero-order valence-electron chi connectivity index (χ0n) is 31.5. The van der Waals surface area contributed by atoms with Gasteiger partial charge in [0.25, 0.3) is 0 Å². The Morgan fingerprint density at radius 1 is 0.904 bits per heavy atom. The Hall–Kier alpha value is -4.52. The zero-order valence-corrected chi connectivity index (χ0v) is 31.5. The number of carbonyl (C=O) groups is 5. The average Bonchev–Trinajstić information content (AvgIpc) is 3.67. The lowest BCUT2D eigenvalue weighted by atomic mass is 9.85. The van der Waals surface area contributed by atoms with Gasteiger partial charge in [-0.25, -0.2) is 9.18 Å². The number of likely N-dealkylation sites (N-methyl/N-ethyl adjacent to an activating group) is 1. The van der Waals surface area contributed by atoms with E-state index in [2.05, 4.69) is 5.32 Å². The van der Waals surface area contributed by atoms with E-state index in [1.807, 2.05) is 51.1 Å². The Morgan fingerprint density at radius 2 is 1.54 bits per heavy atom. The lowest BCUT2D eigenvalue weighted by molar-refractivity contribution is -0.156. The number of nitrogens with zero attached hydrogens (tertiary/aromatic N) is 3. The highest BCUT2D eigenvalue weighted by Crippen LogP contribution is 2.36. The Bertz CT molecular complexity index is 1570. The molecule has 0 aromatic heterocycles. The first kappa shape index (κ1) is 40.3. The number of carbonyl (C=O) groups excluding carboxylic acids is 5.